The Labute approximate surface area is 117 Å². The predicted octanol–water partition coefficient (Wildman–Crippen LogP) is 2.94. The Bertz CT molecular complexity index is 449. The highest BCUT2D eigenvalue weighted by Crippen LogP contribution is 2.18. The van der Waals surface area contributed by atoms with Crippen molar-refractivity contribution in [2.24, 2.45) is 0 Å². The van der Waals surface area contributed by atoms with Crippen LogP contribution in [0.1, 0.15) is 24.8 Å². The molecule has 4 nitrogen and oxygen atoms in total. The molecule has 102 valence electrons. The Morgan fingerprint density at radius 2 is 2.05 bits per heavy atom. The number of ether oxygens (including phenoxy) is 1. The molecule has 0 aliphatic carbocycles. The highest BCUT2D eigenvalue weighted by molar-refractivity contribution is 6.22. The molecule has 1 atom stereocenters. The summed E-state index contributed by atoms with van der Waals surface area (Å²) in [6.45, 7) is 0.0693. The summed E-state index contributed by atoms with van der Waals surface area (Å²) < 4.78 is 5.57. The van der Waals surface area contributed by atoms with Gasteiger partial charge < -0.3 is 4.74 Å². The van der Waals surface area contributed by atoms with Crippen molar-refractivity contribution < 1.29 is 14.3 Å². The van der Waals surface area contributed by atoms with Crippen molar-refractivity contribution >= 4 is 23.7 Å². The average Bonchev–Trinajstić information content (AvgIpc) is 2.76. The molecule has 1 aliphatic rings. The molecule has 0 spiro atoms. The summed E-state index contributed by atoms with van der Waals surface area (Å²) in [5, 5.41) is 0. The lowest BCUT2D eigenvalue weighted by Gasteiger charge is -2.11. The maximum absolute atomic E-state index is 11.9. The van der Waals surface area contributed by atoms with Crippen LogP contribution in [0, 0.1) is 0 Å². The van der Waals surface area contributed by atoms with E-state index in [1.807, 2.05) is 18.2 Å². The van der Waals surface area contributed by atoms with Gasteiger partial charge in [-0.1, -0.05) is 30.3 Å². The first-order valence-electron chi connectivity index (χ1n) is 6.37. The van der Waals surface area contributed by atoms with Crippen LogP contribution in [0.25, 0.3) is 0 Å². The minimum Gasteiger partial charge on any atom is -0.446 e. The molecule has 2 rings (SSSR count). The second kappa shape index (κ2) is 6.57. The quantitative estimate of drug-likeness (QED) is 0.595. The molecule has 0 N–H and O–H groups in total. The number of cyclic esters (lactones) is 1. The molecule has 1 unspecified atom stereocenters. The zero-order chi connectivity index (χ0) is 13.7. The average molecular weight is 282 g/mol. The third kappa shape index (κ3) is 3.70. The maximum atomic E-state index is 11.9. The Morgan fingerprint density at radius 1 is 1.32 bits per heavy atom. The Balaban J connectivity index is 1.69. The second-order valence-corrected chi connectivity index (χ2v) is 4.93. The van der Waals surface area contributed by atoms with Gasteiger partial charge in [-0.25, -0.2) is 9.21 Å². The van der Waals surface area contributed by atoms with Gasteiger partial charge in [-0.15, -0.1) is 0 Å². The van der Waals surface area contributed by atoms with Gasteiger partial charge in [-0.2, -0.15) is 0 Å². The minimum absolute atomic E-state index is 0.0334. The van der Waals surface area contributed by atoms with Crippen molar-refractivity contribution in [1.29, 1.82) is 0 Å². The van der Waals surface area contributed by atoms with Crippen LogP contribution in [0.4, 0.5) is 4.79 Å². The SMILES string of the molecule is O=C(CCCCc1ccccc1)C1COC(=O)N1Cl. The standard InChI is InChI=1S/C14H16ClNO3/c15-16-12(10-19-14(16)18)13(17)9-5-4-8-11-6-2-1-3-7-11/h1-3,6-7,12H,4-5,8-10H2. The molecule has 0 radical (unpaired) electrons. The van der Waals surface area contributed by atoms with Crippen molar-refractivity contribution in [2.75, 3.05) is 6.61 Å². The molecule has 1 fully saturated rings. The minimum atomic E-state index is -0.635. The van der Waals surface area contributed by atoms with Gasteiger partial charge >= 0.3 is 6.09 Å². The van der Waals surface area contributed by atoms with Crippen molar-refractivity contribution in [2.45, 2.75) is 31.7 Å². The van der Waals surface area contributed by atoms with Gasteiger partial charge in [0.25, 0.3) is 0 Å². The van der Waals surface area contributed by atoms with Crippen LogP contribution in [0.3, 0.4) is 0 Å². The highest BCUT2D eigenvalue weighted by Gasteiger charge is 2.36. The molecule has 1 aromatic carbocycles. The van der Waals surface area contributed by atoms with Crippen molar-refractivity contribution in [1.82, 2.24) is 4.42 Å². The van der Waals surface area contributed by atoms with E-state index in [1.165, 1.54) is 5.56 Å². The normalized spacial score (nSPS) is 18.5. The molecule has 1 aromatic rings. The first-order chi connectivity index (χ1) is 9.18. The van der Waals surface area contributed by atoms with E-state index in [-0.39, 0.29) is 12.4 Å². The molecule has 5 heteroatoms. The lowest BCUT2D eigenvalue weighted by Crippen LogP contribution is -2.32. The van der Waals surface area contributed by atoms with Crippen LogP contribution >= 0.6 is 11.8 Å². The summed E-state index contributed by atoms with van der Waals surface area (Å²) in [4.78, 5) is 22.9. The summed E-state index contributed by atoms with van der Waals surface area (Å²) >= 11 is 5.67. The monoisotopic (exact) mass is 281 g/mol. The van der Waals surface area contributed by atoms with Gasteiger partial charge in [0.05, 0.1) is 0 Å². The Hall–Kier alpha value is -1.55. The molecule has 1 amide bonds. The number of halogens is 1. The summed E-state index contributed by atoms with van der Waals surface area (Å²) in [6.07, 6.45) is 2.49. The first kappa shape index (κ1) is 13.9. The van der Waals surface area contributed by atoms with Gasteiger partial charge in [0.1, 0.15) is 12.6 Å². The number of rotatable bonds is 6. The number of unbranched alkanes of at least 4 members (excludes halogenated alkanes) is 1. The number of carbonyl (C=O) groups is 2. The third-order valence-corrected chi connectivity index (χ3v) is 3.54. The van der Waals surface area contributed by atoms with Crippen LogP contribution in [0.5, 0.6) is 0 Å². The highest BCUT2D eigenvalue weighted by atomic mass is 35.5. The van der Waals surface area contributed by atoms with Gasteiger partial charge in [-0.05, 0) is 24.8 Å². The van der Waals surface area contributed by atoms with E-state index in [4.69, 9.17) is 16.5 Å². The maximum Gasteiger partial charge on any atom is 0.425 e. The van der Waals surface area contributed by atoms with Crippen LogP contribution in [0.15, 0.2) is 30.3 Å². The zero-order valence-corrected chi connectivity index (χ0v) is 11.3. The Kier molecular flexibility index (Phi) is 4.80. The second-order valence-electron chi connectivity index (χ2n) is 4.56. The van der Waals surface area contributed by atoms with Crippen LogP contribution in [0.2, 0.25) is 0 Å². The number of Topliss-reactive ketones (excluding diaryl/α,β-unsaturated/α-hetero) is 1. The van der Waals surface area contributed by atoms with E-state index in [9.17, 15) is 9.59 Å². The number of carbonyl (C=O) groups excluding carboxylic acids is 2. The number of aryl methyl sites for hydroxylation is 1. The number of amides is 1. The lowest BCUT2D eigenvalue weighted by atomic mass is 10.0. The van der Waals surface area contributed by atoms with Gasteiger partial charge in [0.15, 0.2) is 5.78 Å². The van der Waals surface area contributed by atoms with Gasteiger partial charge in [0, 0.05) is 18.2 Å². The summed E-state index contributed by atoms with van der Waals surface area (Å²) in [5.41, 5.74) is 1.27. The smallest absolute Gasteiger partial charge is 0.425 e. The van der Waals surface area contributed by atoms with Gasteiger partial charge in [0.2, 0.25) is 0 Å². The van der Waals surface area contributed by atoms with Crippen molar-refractivity contribution in [3.8, 4) is 0 Å². The topological polar surface area (TPSA) is 46.6 Å². The number of hydrogen-bond donors (Lipinski definition) is 0. The number of hydrogen-bond acceptors (Lipinski definition) is 3. The van der Waals surface area contributed by atoms with Crippen LogP contribution < -0.4 is 0 Å². The summed E-state index contributed by atoms with van der Waals surface area (Å²) in [5.74, 6) is -0.0334. The van der Waals surface area contributed by atoms with E-state index >= 15 is 0 Å². The van der Waals surface area contributed by atoms with E-state index in [2.05, 4.69) is 12.1 Å². The molecule has 0 bridgehead atoms. The van der Waals surface area contributed by atoms with E-state index in [1.54, 1.807) is 0 Å². The fraction of sp³-hybridized carbons (Fsp3) is 0.429. The molecular weight excluding hydrogens is 266 g/mol. The summed E-state index contributed by atoms with van der Waals surface area (Å²) in [6, 6.07) is 9.53. The molecule has 0 saturated carbocycles. The van der Waals surface area contributed by atoms with Crippen molar-refractivity contribution in [3.63, 3.8) is 0 Å². The van der Waals surface area contributed by atoms with E-state index < -0.39 is 12.1 Å². The zero-order valence-electron chi connectivity index (χ0n) is 10.5. The van der Waals surface area contributed by atoms with Gasteiger partial charge in [-0.3, -0.25) is 4.79 Å². The molecule has 19 heavy (non-hydrogen) atoms. The van der Waals surface area contributed by atoms with Crippen LogP contribution in [-0.2, 0) is 16.0 Å². The van der Waals surface area contributed by atoms with E-state index in [0.29, 0.717) is 6.42 Å². The third-order valence-electron chi connectivity index (χ3n) is 3.17. The van der Waals surface area contributed by atoms with Crippen molar-refractivity contribution in [3.05, 3.63) is 35.9 Å². The Morgan fingerprint density at radius 3 is 2.68 bits per heavy atom. The lowest BCUT2D eigenvalue weighted by molar-refractivity contribution is -0.121. The number of ketones is 1. The largest absolute Gasteiger partial charge is 0.446 e. The first-order valence-corrected chi connectivity index (χ1v) is 6.70. The molecular formula is C14H16ClNO3. The fourth-order valence-electron chi connectivity index (χ4n) is 2.06. The van der Waals surface area contributed by atoms with Crippen LogP contribution in [-0.4, -0.2) is 28.9 Å². The predicted molar refractivity (Wildman–Crippen MR) is 71.8 cm³/mol. The van der Waals surface area contributed by atoms with E-state index in [0.717, 1.165) is 23.7 Å². The summed E-state index contributed by atoms with van der Waals surface area (Å²) in [7, 11) is 0. The fourth-order valence-corrected chi connectivity index (χ4v) is 2.28. The number of benzene rings is 1. The molecule has 0 aromatic heterocycles. The molecule has 1 saturated heterocycles. The molecule has 1 heterocycles. The molecule has 1 aliphatic heterocycles. The number of nitrogens with zero attached hydrogens (tertiary/aromatic N) is 1.